The molecule has 0 aliphatic carbocycles. The van der Waals surface area contributed by atoms with E-state index >= 15 is 0 Å². The molecular formula is C19H23ClN2O4S. The molecule has 1 heterocycles. The van der Waals surface area contributed by atoms with Gasteiger partial charge in [-0.1, -0.05) is 30.3 Å². The monoisotopic (exact) mass is 410 g/mol. The van der Waals surface area contributed by atoms with Gasteiger partial charge in [-0.05, 0) is 36.8 Å². The van der Waals surface area contributed by atoms with Gasteiger partial charge in [0.25, 0.3) is 0 Å². The van der Waals surface area contributed by atoms with Crippen molar-refractivity contribution in [1.82, 2.24) is 5.32 Å². The van der Waals surface area contributed by atoms with Crippen LogP contribution in [0.4, 0.5) is 5.69 Å². The Bertz CT molecular complexity index is 874. The molecule has 1 saturated heterocycles. The molecule has 1 amide bonds. The maximum Gasteiger partial charge on any atom is 0.244 e. The highest BCUT2D eigenvalue weighted by Crippen LogP contribution is 2.19. The summed E-state index contributed by atoms with van der Waals surface area (Å²) < 4.78 is 30.5. The molecule has 1 aliphatic rings. The van der Waals surface area contributed by atoms with Gasteiger partial charge in [-0.15, -0.1) is 12.4 Å². The standard InChI is InChI=1S/C19H22N2O4S.ClH/c1-14-18(20-10-11-25-14)19(22)21-16-7-5-6-15(12-16)13-26(23,24)17-8-3-2-4-9-17;/h2-9,12,14,18,20H,10-11,13H2,1H3,(H,21,22);1H/t14-,18+;/m1./s1. The molecule has 27 heavy (non-hydrogen) atoms. The van der Waals surface area contributed by atoms with Crippen LogP contribution in [0.25, 0.3) is 0 Å². The van der Waals surface area contributed by atoms with Crippen molar-refractivity contribution in [3.63, 3.8) is 0 Å². The second-order valence-corrected chi connectivity index (χ2v) is 8.26. The van der Waals surface area contributed by atoms with E-state index in [9.17, 15) is 13.2 Å². The predicted octanol–water partition coefficient (Wildman–Crippen LogP) is 2.40. The van der Waals surface area contributed by atoms with E-state index in [0.717, 1.165) is 0 Å². The lowest BCUT2D eigenvalue weighted by molar-refractivity contribution is -0.123. The minimum atomic E-state index is -3.43. The van der Waals surface area contributed by atoms with Gasteiger partial charge >= 0.3 is 0 Å². The molecule has 1 fully saturated rings. The van der Waals surface area contributed by atoms with Crippen molar-refractivity contribution in [2.45, 2.75) is 29.7 Å². The Morgan fingerprint density at radius 2 is 1.93 bits per heavy atom. The minimum Gasteiger partial charge on any atom is -0.375 e. The zero-order chi connectivity index (χ0) is 18.6. The third-order valence-electron chi connectivity index (χ3n) is 4.25. The molecule has 1 aliphatic heterocycles. The van der Waals surface area contributed by atoms with Gasteiger partial charge in [0.15, 0.2) is 9.84 Å². The first-order valence-corrected chi connectivity index (χ1v) is 10.1. The second kappa shape index (κ2) is 9.32. The van der Waals surface area contributed by atoms with E-state index in [4.69, 9.17) is 4.74 Å². The summed E-state index contributed by atoms with van der Waals surface area (Å²) in [7, 11) is -3.43. The van der Waals surface area contributed by atoms with Gasteiger partial charge in [0, 0.05) is 12.2 Å². The Balaban J connectivity index is 0.00000261. The molecule has 0 bridgehead atoms. The van der Waals surface area contributed by atoms with Crippen LogP contribution < -0.4 is 10.6 Å². The van der Waals surface area contributed by atoms with Crippen LogP contribution in [0.15, 0.2) is 59.5 Å². The number of hydrogen-bond donors (Lipinski definition) is 2. The Morgan fingerprint density at radius 3 is 2.63 bits per heavy atom. The minimum absolute atomic E-state index is 0. The molecular weight excluding hydrogens is 388 g/mol. The number of benzene rings is 2. The smallest absolute Gasteiger partial charge is 0.244 e. The van der Waals surface area contributed by atoms with Crippen LogP contribution >= 0.6 is 12.4 Å². The second-order valence-electron chi connectivity index (χ2n) is 6.27. The number of amides is 1. The van der Waals surface area contributed by atoms with Crippen LogP contribution in [0, 0.1) is 0 Å². The topological polar surface area (TPSA) is 84.5 Å². The fraction of sp³-hybridized carbons (Fsp3) is 0.316. The molecule has 3 rings (SSSR count). The number of halogens is 1. The van der Waals surface area contributed by atoms with Gasteiger partial charge in [-0.2, -0.15) is 0 Å². The molecule has 2 aromatic rings. The van der Waals surface area contributed by atoms with Crippen molar-refractivity contribution in [1.29, 1.82) is 0 Å². The molecule has 2 N–H and O–H groups in total. The van der Waals surface area contributed by atoms with Crippen LogP contribution in [0.3, 0.4) is 0 Å². The molecule has 8 heteroatoms. The van der Waals surface area contributed by atoms with Gasteiger partial charge in [0.2, 0.25) is 5.91 Å². The Kier molecular flexibility index (Phi) is 7.38. The van der Waals surface area contributed by atoms with Gasteiger partial charge in [-0.3, -0.25) is 4.79 Å². The van der Waals surface area contributed by atoms with Crippen LogP contribution in [0.2, 0.25) is 0 Å². The predicted molar refractivity (Wildman–Crippen MR) is 107 cm³/mol. The van der Waals surface area contributed by atoms with E-state index in [1.165, 1.54) is 0 Å². The molecule has 0 radical (unpaired) electrons. The molecule has 0 spiro atoms. The van der Waals surface area contributed by atoms with Crippen LogP contribution in [-0.4, -0.2) is 39.6 Å². The quantitative estimate of drug-likeness (QED) is 0.790. The number of ether oxygens (including phenoxy) is 1. The first-order valence-electron chi connectivity index (χ1n) is 8.48. The summed E-state index contributed by atoms with van der Waals surface area (Å²) in [4.78, 5) is 12.7. The summed E-state index contributed by atoms with van der Waals surface area (Å²) in [6, 6.07) is 14.8. The number of morpholine rings is 1. The highest BCUT2D eigenvalue weighted by molar-refractivity contribution is 7.90. The summed E-state index contributed by atoms with van der Waals surface area (Å²) in [5.41, 5.74) is 1.18. The maximum absolute atomic E-state index is 12.5. The normalized spacial score (nSPS) is 19.7. The summed E-state index contributed by atoms with van der Waals surface area (Å²) in [5.74, 6) is -0.317. The Labute approximate surface area is 165 Å². The van der Waals surface area contributed by atoms with Crippen LogP contribution in [-0.2, 0) is 25.1 Å². The van der Waals surface area contributed by atoms with E-state index in [2.05, 4.69) is 10.6 Å². The van der Waals surface area contributed by atoms with Crippen molar-refractivity contribution in [3.05, 3.63) is 60.2 Å². The van der Waals surface area contributed by atoms with Crippen LogP contribution in [0.1, 0.15) is 12.5 Å². The Hall–Kier alpha value is -1.93. The summed E-state index contributed by atoms with van der Waals surface area (Å²) in [5, 5.41) is 5.96. The molecule has 2 atom stereocenters. The Morgan fingerprint density at radius 1 is 1.19 bits per heavy atom. The lowest BCUT2D eigenvalue weighted by Gasteiger charge is -2.29. The van der Waals surface area contributed by atoms with Gasteiger partial charge in [0.05, 0.1) is 23.4 Å². The van der Waals surface area contributed by atoms with E-state index < -0.39 is 15.9 Å². The first kappa shape index (κ1) is 21.4. The highest BCUT2D eigenvalue weighted by Gasteiger charge is 2.28. The van der Waals surface area contributed by atoms with E-state index in [1.54, 1.807) is 54.6 Å². The number of anilines is 1. The van der Waals surface area contributed by atoms with Crippen molar-refractivity contribution in [2.75, 3.05) is 18.5 Å². The van der Waals surface area contributed by atoms with E-state index in [1.807, 2.05) is 6.92 Å². The lowest BCUT2D eigenvalue weighted by Crippen LogP contribution is -2.53. The third kappa shape index (κ3) is 5.52. The van der Waals surface area contributed by atoms with E-state index in [-0.39, 0.29) is 35.1 Å². The van der Waals surface area contributed by atoms with E-state index in [0.29, 0.717) is 24.4 Å². The average molecular weight is 411 g/mol. The molecule has 6 nitrogen and oxygen atoms in total. The molecule has 146 valence electrons. The fourth-order valence-corrected chi connectivity index (χ4v) is 4.27. The largest absolute Gasteiger partial charge is 0.375 e. The number of sulfone groups is 1. The number of hydrogen-bond acceptors (Lipinski definition) is 5. The average Bonchev–Trinajstić information content (AvgIpc) is 2.63. The number of nitrogens with one attached hydrogen (secondary N) is 2. The molecule has 2 aromatic carbocycles. The van der Waals surface area contributed by atoms with Gasteiger partial charge in [0.1, 0.15) is 6.04 Å². The summed E-state index contributed by atoms with van der Waals surface area (Å²) in [6.45, 7) is 3.05. The third-order valence-corrected chi connectivity index (χ3v) is 5.96. The first-order chi connectivity index (χ1) is 12.5. The zero-order valence-corrected chi connectivity index (χ0v) is 16.6. The molecule has 0 saturated carbocycles. The number of carbonyl (C=O) groups is 1. The molecule has 0 unspecified atom stereocenters. The van der Waals surface area contributed by atoms with Crippen LogP contribution in [0.5, 0.6) is 0 Å². The lowest BCUT2D eigenvalue weighted by atomic mass is 10.1. The summed E-state index contributed by atoms with van der Waals surface area (Å²) >= 11 is 0. The maximum atomic E-state index is 12.5. The zero-order valence-electron chi connectivity index (χ0n) is 14.9. The van der Waals surface area contributed by atoms with Crippen molar-refractivity contribution in [2.24, 2.45) is 0 Å². The fourth-order valence-electron chi connectivity index (χ4n) is 2.92. The van der Waals surface area contributed by atoms with Crippen molar-refractivity contribution in [3.8, 4) is 0 Å². The van der Waals surface area contributed by atoms with Crippen molar-refractivity contribution >= 4 is 33.8 Å². The van der Waals surface area contributed by atoms with Gasteiger partial charge in [-0.25, -0.2) is 8.42 Å². The van der Waals surface area contributed by atoms with Crippen molar-refractivity contribution < 1.29 is 17.9 Å². The molecule has 0 aromatic heterocycles. The number of rotatable bonds is 5. The SMILES string of the molecule is C[C@H]1OCCN[C@@H]1C(=O)Nc1cccc(CS(=O)(=O)c2ccccc2)c1.Cl. The number of carbonyl (C=O) groups excluding carboxylic acids is 1. The highest BCUT2D eigenvalue weighted by atomic mass is 35.5. The summed E-state index contributed by atoms with van der Waals surface area (Å²) in [6.07, 6.45) is -0.217. The van der Waals surface area contributed by atoms with Gasteiger partial charge < -0.3 is 15.4 Å².